The fraction of sp³-hybridized carbons (Fsp3) is 0.292. The van der Waals surface area contributed by atoms with Gasteiger partial charge in [-0.15, -0.1) is 0 Å². The van der Waals surface area contributed by atoms with Crippen LogP contribution in [-0.2, 0) is 6.42 Å². The van der Waals surface area contributed by atoms with Crippen LogP contribution in [0.5, 0.6) is 0 Å². The lowest BCUT2D eigenvalue weighted by Crippen LogP contribution is -2.45. The van der Waals surface area contributed by atoms with E-state index in [2.05, 4.69) is 21.8 Å². The van der Waals surface area contributed by atoms with E-state index in [0.29, 0.717) is 17.7 Å². The third-order valence-corrected chi connectivity index (χ3v) is 6.05. The highest BCUT2D eigenvalue weighted by molar-refractivity contribution is 6.03. The van der Waals surface area contributed by atoms with Crippen LogP contribution in [-0.4, -0.2) is 65.4 Å². The number of nitrogens with one attached hydrogen (secondary N) is 1. The monoisotopic (exact) mass is 433 g/mol. The number of amides is 1. The average Bonchev–Trinajstić information content (AvgIpc) is 3.19. The van der Waals surface area contributed by atoms with Crippen LogP contribution in [0.4, 0.5) is 5.69 Å². The van der Waals surface area contributed by atoms with E-state index in [1.54, 1.807) is 12.1 Å². The van der Waals surface area contributed by atoms with Crippen molar-refractivity contribution in [3.8, 4) is 22.5 Å². The van der Waals surface area contributed by atoms with Gasteiger partial charge < -0.3 is 20.5 Å². The van der Waals surface area contributed by atoms with Gasteiger partial charge in [0.15, 0.2) is 0 Å². The molecule has 1 fully saturated rings. The molecule has 0 aliphatic carbocycles. The van der Waals surface area contributed by atoms with E-state index < -0.39 is 10.8 Å². The van der Waals surface area contributed by atoms with E-state index in [1.807, 2.05) is 30.3 Å². The number of nitrogens with zero attached hydrogens (tertiary/aromatic N) is 3. The first kappa shape index (κ1) is 21.7. The van der Waals surface area contributed by atoms with Crippen LogP contribution in [0.3, 0.4) is 0 Å². The molecule has 3 N–H and O–H groups in total. The number of aromatic nitrogens is 1. The molecule has 3 aromatic rings. The highest BCUT2D eigenvalue weighted by Crippen LogP contribution is 2.35. The number of benzene rings is 2. The Bertz CT molecular complexity index is 1100. The molecule has 1 amide bonds. The number of aromatic amines is 1. The summed E-state index contributed by atoms with van der Waals surface area (Å²) in [6.07, 6.45) is 0.650. The van der Waals surface area contributed by atoms with Gasteiger partial charge >= 0.3 is 0 Å². The van der Waals surface area contributed by atoms with Gasteiger partial charge in [0.1, 0.15) is 0 Å². The summed E-state index contributed by atoms with van der Waals surface area (Å²) >= 11 is 0. The number of carbonyl (C=O) groups is 1. The molecular formula is C24H27N5O3. The van der Waals surface area contributed by atoms with Crippen LogP contribution in [0.2, 0.25) is 0 Å². The topological polar surface area (TPSA) is 108 Å². The van der Waals surface area contributed by atoms with Crippen LogP contribution >= 0.6 is 0 Å². The van der Waals surface area contributed by atoms with Crippen molar-refractivity contribution in [1.29, 1.82) is 0 Å². The van der Waals surface area contributed by atoms with Gasteiger partial charge in [-0.2, -0.15) is 0 Å². The number of non-ortho nitro benzene ring substituents is 1. The fourth-order valence-corrected chi connectivity index (χ4v) is 4.22. The fourth-order valence-electron chi connectivity index (χ4n) is 4.22. The number of nitro benzene ring substituents is 1. The summed E-state index contributed by atoms with van der Waals surface area (Å²) in [5.74, 6) is -0.485. The van der Waals surface area contributed by atoms with Crippen LogP contribution in [0.15, 0.2) is 54.6 Å². The van der Waals surface area contributed by atoms with E-state index >= 15 is 0 Å². The maximum atomic E-state index is 12.6. The molecule has 0 atom stereocenters. The summed E-state index contributed by atoms with van der Waals surface area (Å²) in [7, 11) is 2.12. The number of hydrogen-bond acceptors (Lipinski definition) is 5. The standard InChI is InChI=1S/C24H27N5O3/c1-27-13-15-28(16-14-27)12-11-20-21(24(25)30)23(17-5-3-2-4-6-17)26-22(20)18-7-9-19(10-8-18)29(31)32/h2-10,26H,11-16H2,1H3,(H2,25,30). The number of primary amides is 1. The molecule has 0 spiro atoms. The molecule has 1 aromatic heterocycles. The summed E-state index contributed by atoms with van der Waals surface area (Å²) < 4.78 is 0. The molecule has 2 heterocycles. The van der Waals surface area contributed by atoms with Crippen LogP contribution < -0.4 is 5.73 Å². The first-order valence-corrected chi connectivity index (χ1v) is 10.7. The Balaban J connectivity index is 1.76. The number of carbonyl (C=O) groups excluding carboxylic acids is 1. The number of rotatable bonds is 7. The maximum absolute atomic E-state index is 12.6. The molecule has 32 heavy (non-hydrogen) atoms. The Kier molecular flexibility index (Phi) is 6.34. The summed E-state index contributed by atoms with van der Waals surface area (Å²) in [4.78, 5) is 31.3. The van der Waals surface area contributed by atoms with Crippen molar-refractivity contribution in [2.45, 2.75) is 6.42 Å². The van der Waals surface area contributed by atoms with Gasteiger partial charge in [0.25, 0.3) is 11.6 Å². The lowest BCUT2D eigenvalue weighted by molar-refractivity contribution is -0.384. The van der Waals surface area contributed by atoms with Crippen LogP contribution in [0, 0.1) is 10.1 Å². The highest BCUT2D eigenvalue weighted by Gasteiger charge is 2.24. The zero-order chi connectivity index (χ0) is 22.7. The summed E-state index contributed by atoms with van der Waals surface area (Å²) in [5.41, 5.74) is 10.3. The molecule has 8 nitrogen and oxygen atoms in total. The minimum absolute atomic E-state index is 0.0256. The van der Waals surface area contributed by atoms with Crippen molar-refractivity contribution in [3.63, 3.8) is 0 Å². The second-order valence-electron chi connectivity index (χ2n) is 8.16. The summed E-state index contributed by atoms with van der Waals surface area (Å²) in [6.45, 7) is 4.79. The molecule has 1 aliphatic heterocycles. The van der Waals surface area contributed by atoms with Crippen molar-refractivity contribution in [2.24, 2.45) is 5.73 Å². The largest absolute Gasteiger partial charge is 0.366 e. The molecular weight excluding hydrogens is 406 g/mol. The third-order valence-electron chi connectivity index (χ3n) is 6.05. The van der Waals surface area contributed by atoms with E-state index in [1.165, 1.54) is 12.1 Å². The zero-order valence-corrected chi connectivity index (χ0v) is 18.1. The number of nitrogens with two attached hydrogens (primary N) is 1. The lowest BCUT2D eigenvalue weighted by atomic mass is 9.98. The Hall–Kier alpha value is -3.49. The predicted octanol–water partition coefficient (Wildman–Crippen LogP) is 3.15. The van der Waals surface area contributed by atoms with Gasteiger partial charge in [0, 0.05) is 50.6 Å². The van der Waals surface area contributed by atoms with Crippen molar-refractivity contribution < 1.29 is 9.72 Å². The van der Waals surface area contributed by atoms with Crippen LogP contribution in [0.25, 0.3) is 22.5 Å². The predicted molar refractivity (Wildman–Crippen MR) is 124 cm³/mol. The van der Waals surface area contributed by atoms with Gasteiger partial charge in [-0.05, 0) is 42.3 Å². The number of piperazine rings is 1. The average molecular weight is 434 g/mol. The van der Waals surface area contributed by atoms with Crippen molar-refractivity contribution >= 4 is 11.6 Å². The number of likely N-dealkylation sites (N-methyl/N-ethyl adjacent to an activating group) is 1. The summed E-state index contributed by atoms with van der Waals surface area (Å²) in [6, 6.07) is 16.0. The smallest absolute Gasteiger partial charge is 0.269 e. The Morgan fingerprint density at radius 3 is 2.22 bits per heavy atom. The van der Waals surface area contributed by atoms with Gasteiger partial charge in [0.05, 0.1) is 16.2 Å². The van der Waals surface area contributed by atoms with E-state index in [0.717, 1.165) is 55.1 Å². The number of nitro groups is 1. The molecule has 1 saturated heterocycles. The Labute approximate surface area is 186 Å². The molecule has 2 aromatic carbocycles. The zero-order valence-electron chi connectivity index (χ0n) is 18.1. The minimum atomic E-state index is -0.485. The van der Waals surface area contributed by atoms with Crippen molar-refractivity contribution in [2.75, 3.05) is 39.8 Å². The normalized spacial score (nSPS) is 15.0. The highest BCUT2D eigenvalue weighted by atomic mass is 16.6. The number of hydrogen-bond donors (Lipinski definition) is 2. The van der Waals surface area contributed by atoms with E-state index in [9.17, 15) is 14.9 Å². The molecule has 0 bridgehead atoms. The SMILES string of the molecule is CN1CCN(CCc2c(-c3ccc([N+](=O)[O-])cc3)[nH]c(-c3ccccc3)c2C(N)=O)CC1. The third kappa shape index (κ3) is 4.56. The molecule has 0 saturated carbocycles. The number of H-pyrrole nitrogens is 1. The van der Waals surface area contributed by atoms with E-state index in [4.69, 9.17) is 5.73 Å². The minimum Gasteiger partial charge on any atom is -0.366 e. The maximum Gasteiger partial charge on any atom is 0.269 e. The molecule has 4 rings (SSSR count). The second-order valence-corrected chi connectivity index (χ2v) is 8.16. The van der Waals surface area contributed by atoms with Crippen molar-refractivity contribution in [1.82, 2.24) is 14.8 Å². The molecule has 8 heteroatoms. The first-order chi connectivity index (χ1) is 15.4. The van der Waals surface area contributed by atoms with Gasteiger partial charge in [-0.1, -0.05) is 30.3 Å². The molecule has 166 valence electrons. The lowest BCUT2D eigenvalue weighted by Gasteiger charge is -2.32. The van der Waals surface area contributed by atoms with E-state index in [-0.39, 0.29) is 5.69 Å². The Morgan fingerprint density at radius 2 is 1.62 bits per heavy atom. The quantitative estimate of drug-likeness (QED) is 0.440. The first-order valence-electron chi connectivity index (χ1n) is 10.7. The summed E-state index contributed by atoms with van der Waals surface area (Å²) in [5, 5.41) is 11.1. The molecule has 1 aliphatic rings. The Morgan fingerprint density at radius 1 is 1.00 bits per heavy atom. The van der Waals surface area contributed by atoms with Gasteiger partial charge in [-0.3, -0.25) is 14.9 Å². The van der Waals surface area contributed by atoms with Gasteiger partial charge in [-0.25, -0.2) is 0 Å². The second kappa shape index (κ2) is 9.33. The van der Waals surface area contributed by atoms with Crippen LogP contribution in [0.1, 0.15) is 15.9 Å². The molecule has 0 radical (unpaired) electrons. The molecule has 0 unspecified atom stereocenters. The van der Waals surface area contributed by atoms with Gasteiger partial charge in [0.2, 0.25) is 0 Å². The van der Waals surface area contributed by atoms with Crippen molar-refractivity contribution in [3.05, 3.63) is 75.8 Å².